The molecule has 25 heavy (non-hydrogen) atoms. The number of hydrogen-bond donors (Lipinski definition) is 1. The molecule has 2 fully saturated rings. The summed E-state index contributed by atoms with van der Waals surface area (Å²) in [5.41, 5.74) is 1.02. The highest BCUT2D eigenvalue weighted by Crippen LogP contribution is 2.32. The molecule has 2 saturated heterocycles. The number of aryl methyl sites for hydroxylation is 1. The molecule has 1 unspecified atom stereocenters. The number of likely N-dealkylation sites (tertiary alicyclic amines) is 1. The summed E-state index contributed by atoms with van der Waals surface area (Å²) in [5.74, 6) is 0.0922. The van der Waals surface area contributed by atoms with Crippen molar-refractivity contribution in [3.8, 4) is 0 Å². The Morgan fingerprint density at radius 3 is 2.68 bits per heavy atom. The van der Waals surface area contributed by atoms with Crippen LogP contribution in [0.15, 0.2) is 24.3 Å². The second-order valence-electron chi connectivity index (χ2n) is 6.80. The monoisotopic (exact) mass is 357 g/mol. The minimum Gasteiger partial charge on any atom is -0.341 e. The smallest absolute Gasteiger partial charge is 0.265 e. The summed E-state index contributed by atoms with van der Waals surface area (Å²) in [6.45, 7) is 5.51. The lowest BCUT2D eigenvalue weighted by Crippen LogP contribution is -2.59. The molecule has 0 spiro atoms. The molecular weight excluding hydrogens is 334 g/mol. The highest BCUT2D eigenvalue weighted by Gasteiger charge is 2.36. The fourth-order valence-electron chi connectivity index (χ4n) is 3.83. The third-order valence-electron chi connectivity index (χ3n) is 5.24. The van der Waals surface area contributed by atoms with Crippen LogP contribution in [0.5, 0.6) is 0 Å². The first-order valence-electron chi connectivity index (χ1n) is 8.95. The predicted molar refractivity (Wildman–Crippen MR) is 100 cm³/mol. The number of benzene rings is 1. The summed E-state index contributed by atoms with van der Waals surface area (Å²) in [7, 11) is 0. The number of rotatable bonds is 2. The van der Waals surface area contributed by atoms with Crippen molar-refractivity contribution in [2.75, 3.05) is 32.7 Å². The largest absolute Gasteiger partial charge is 0.341 e. The van der Waals surface area contributed by atoms with Gasteiger partial charge in [-0.2, -0.15) is 0 Å². The Hall–Kier alpha value is -1.92. The van der Waals surface area contributed by atoms with Crippen molar-refractivity contribution in [1.82, 2.24) is 15.1 Å². The number of nitrogens with zero attached hydrogens (tertiary/aromatic N) is 2. The van der Waals surface area contributed by atoms with Gasteiger partial charge in [-0.15, -0.1) is 11.3 Å². The van der Waals surface area contributed by atoms with Crippen molar-refractivity contribution in [2.24, 2.45) is 0 Å². The molecule has 5 nitrogen and oxygen atoms in total. The van der Waals surface area contributed by atoms with Crippen LogP contribution in [0.25, 0.3) is 10.1 Å². The number of hydrogen-bond acceptors (Lipinski definition) is 4. The van der Waals surface area contributed by atoms with Crippen LogP contribution in [0, 0.1) is 6.92 Å². The lowest BCUT2D eigenvalue weighted by atomic mass is 10.1. The van der Waals surface area contributed by atoms with E-state index in [1.54, 1.807) is 4.90 Å². The average Bonchev–Trinajstić information content (AvgIpc) is 3.29. The molecule has 3 heterocycles. The van der Waals surface area contributed by atoms with Gasteiger partial charge in [-0.1, -0.05) is 18.2 Å². The van der Waals surface area contributed by atoms with Gasteiger partial charge in [0.2, 0.25) is 5.91 Å². The zero-order valence-electron chi connectivity index (χ0n) is 14.5. The molecule has 132 valence electrons. The Morgan fingerprint density at radius 2 is 1.92 bits per heavy atom. The first-order chi connectivity index (χ1) is 12.2. The molecule has 0 radical (unpaired) electrons. The van der Waals surface area contributed by atoms with E-state index in [1.165, 1.54) is 11.3 Å². The van der Waals surface area contributed by atoms with Crippen LogP contribution >= 0.6 is 11.3 Å². The molecule has 0 bridgehead atoms. The SMILES string of the molecule is Cc1c(C(=O)N2CCNCC2C(=O)N2CCCC2)sc2ccccc12. The number of carbonyl (C=O) groups excluding carboxylic acids is 2. The second-order valence-corrected chi connectivity index (χ2v) is 7.86. The fourth-order valence-corrected chi connectivity index (χ4v) is 4.99. The molecule has 2 aliphatic rings. The van der Waals surface area contributed by atoms with Gasteiger partial charge in [0, 0.05) is 37.4 Å². The second kappa shape index (κ2) is 6.77. The van der Waals surface area contributed by atoms with Gasteiger partial charge in [0.05, 0.1) is 4.88 Å². The summed E-state index contributed by atoms with van der Waals surface area (Å²) in [6.07, 6.45) is 2.13. The van der Waals surface area contributed by atoms with Crippen LogP contribution in [-0.4, -0.2) is 60.4 Å². The van der Waals surface area contributed by atoms with Crippen LogP contribution in [-0.2, 0) is 4.79 Å². The molecule has 0 aliphatic carbocycles. The summed E-state index contributed by atoms with van der Waals surface area (Å²) in [5, 5.41) is 4.41. The van der Waals surface area contributed by atoms with Crippen LogP contribution in [0.4, 0.5) is 0 Å². The van der Waals surface area contributed by atoms with E-state index in [-0.39, 0.29) is 17.9 Å². The predicted octanol–water partition coefficient (Wildman–Crippen LogP) is 2.25. The summed E-state index contributed by atoms with van der Waals surface area (Å²) < 4.78 is 1.13. The zero-order chi connectivity index (χ0) is 17.4. The van der Waals surface area contributed by atoms with Crippen molar-refractivity contribution in [2.45, 2.75) is 25.8 Å². The number of thiophene rings is 1. The molecule has 2 aliphatic heterocycles. The maximum Gasteiger partial charge on any atom is 0.265 e. The van der Waals surface area contributed by atoms with Crippen molar-refractivity contribution < 1.29 is 9.59 Å². The van der Waals surface area contributed by atoms with Gasteiger partial charge in [0.25, 0.3) is 5.91 Å². The van der Waals surface area contributed by atoms with E-state index < -0.39 is 0 Å². The van der Waals surface area contributed by atoms with E-state index in [1.807, 2.05) is 24.0 Å². The third kappa shape index (κ3) is 2.93. The Morgan fingerprint density at radius 1 is 1.16 bits per heavy atom. The average molecular weight is 357 g/mol. The quantitative estimate of drug-likeness (QED) is 0.897. The van der Waals surface area contributed by atoms with Gasteiger partial charge in [0.15, 0.2) is 0 Å². The molecule has 2 aromatic rings. The van der Waals surface area contributed by atoms with Crippen molar-refractivity contribution in [1.29, 1.82) is 0 Å². The van der Waals surface area contributed by atoms with Crippen LogP contribution in [0.2, 0.25) is 0 Å². The van der Waals surface area contributed by atoms with E-state index in [0.29, 0.717) is 13.1 Å². The Balaban J connectivity index is 1.64. The van der Waals surface area contributed by atoms with Crippen LogP contribution < -0.4 is 5.32 Å². The van der Waals surface area contributed by atoms with Gasteiger partial charge in [-0.25, -0.2) is 0 Å². The Labute approximate surface area is 151 Å². The maximum atomic E-state index is 13.3. The highest BCUT2D eigenvalue weighted by molar-refractivity contribution is 7.21. The molecule has 0 saturated carbocycles. The lowest BCUT2D eigenvalue weighted by Gasteiger charge is -2.37. The standard InChI is InChI=1S/C19H23N3O2S/c1-13-14-6-2-3-7-16(14)25-17(13)19(24)22-11-8-20-12-15(22)18(23)21-9-4-5-10-21/h2-3,6-7,15,20H,4-5,8-12H2,1H3. The first-order valence-corrected chi connectivity index (χ1v) is 9.77. The van der Waals surface area contributed by atoms with Gasteiger partial charge in [0.1, 0.15) is 6.04 Å². The minimum absolute atomic E-state index is 0.00209. The van der Waals surface area contributed by atoms with Gasteiger partial charge < -0.3 is 15.1 Å². The number of fused-ring (bicyclic) bond motifs is 1. The molecule has 1 aromatic heterocycles. The van der Waals surface area contributed by atoms with Crippen molar-refractivity contribution in [3.63, 3.8) is 0 Å². The third-order valence-corrected chi connectivity index (χ3v) is 6.51. The number of amides is 2. The number of nitrogens with one attached hydrogen (secondary N) is 1. The first kappa shape index (κ1) is 16.5. The molecule has 2 amide bonds. The molecule has 1 N–H and O–H groups in total. The molecule has 1 atom stereocenters. The topological polar surface area (TPSA) is 52.7 Å². The fraction of sp³-hybridized carbons (Fsp3) is 0.474. The molecule has 6 heteroatoms. The van der Waals surface area contributed by atoms with Gasteiger partial charge >= 0.3 is 0 Å². The highest BCUT2D eigenvalue weighted by atomic mass is 32.1. The Kier molecular flexibility index (Phi) is 4.48. The van der Waals surface area contributed by atoms with Crippen LogP contribution in [0.3, 0.4) is 0 Å². The van der Waals surface area contributed by atoms with E-state index in [0.717, 1.165) is 53.0 Å². The van der Waals surface area contributed by atoms with E-state index in [2.05, 4.69) is 17.4 Å². The Bertz CT molecular complexity index is 810. The van der Waals surface area contributed by atoms with Crippen molar-refractivity contribution in [3.05, 3.63) is 34.7 Å². The summed E-state index contributed by atoms with van der Waals surface area (Å²) in [4.78, 5) is 30.6. The molecule has 1 aromatic carbocycles. The van der Waals surface area contributed by atoms with E-state index in [9.17, 15) is 9.59 Å². The normalized spacial score (nSPS) is 21.1. The summed E-state index contributed by atoms with van der Waals surface area (Å²) >= 11 is 1.54. The maximum absolute atomic E-state index is 13.3. The minimum atomic E-state index is -0.385. The molecular formula is C19H23N3O2S. The van der Waals surface area contributed by atoms with Gasteiger partial charge in [-0.05, 0) is 36.8 Å². The molecule has 4 rings (SSSR count). The van der Waals surface area contributed by atoms with Crippen molar-refractivity contribution >= 4 is 33.2 Å². The zero-order valence-corrected chi connectivity index (χ0v) is 15.3. The lowest BCUT2D eigenvalue weighted by molar-refractivity contribution is -0.135. The summed E-state index contributed by atoms with van der Waals surface area (Å²) in [6, 6.07) is 7.72. The number of piperazine rings is 1. The van der Waals surface area contributed by atoms with E-state index in [4.69, 9.17) is 0 Å². The van der Waals surface area contributed by atoms with E-state index >= 15 is 0 Å². The van der Waals surface area contributed by atoms with Gasteiger partial charge in [-0.3, -0.25) is 9.59 Å². The van der Waals surface area contributed by atoms with Crippen LogP contribution in [0.1, 0.15) is 28.1 Å². The number of carbonyl (C=O) groups is 2.